The summed E-state index contributed by atoms with van der Waals surface area (Å²) in [6.45, 7) is 3.40. The molecule has 35 heavy (non-hydrogen) atoms. The molecule has 0 aliphatic rings. The summed E-state index contributed by atoms with van der Waals surface area (Å²) in [4.78, 5) is 30.4. The van der Waals surface area contributed by atoms with Crippen molar-refractivity contribution in [1.82, 2.24) is 14.7 Å². The number of rotatable bonds is 8. The van der Waals surface area contributed by atoms with Crippen molar-refractivity contribution in [2.45, 2.75) is 13.8 Å². The second-order valence-electron chi connectivity index (χ2n) is 7.36. The van der Waals surface area contributed by atoms with Crippen molar-refractivity contribution in [1.29, 1.82) is 0 Å². The van der Waals surface area contributed by atoms with Gasteiger partial charge in [-0.1, -0.05) is 4.73 Å². The molecule has 0 spiro atoms. The minimum Gasteiger partial charge on any atom is -0.494 e. The van der Waals surface area contributed by atoms with E-state index in [1.54, 1.807) is 32.2 Å². The third kappa shape index (κ3) is 5.11. The molecule has 1 unspecified atom stereocenters. The van der Waals surface area contributed by atoms with Crippen LogP contribution in [0.5, 0.6) is 5.75 Å². The maximum absolute atomic E-state index is 14.1. The highest BCUT2D eigenvalue weighted by Crippen LogP contribution is 2.38. The summed E-state index contributed by atoms with van der Waals surface area (Å²) in [5, 5.41) is 6.11. The molecule has 2 aromatic heterocycles. The Morgan fingerprint density at radius 1 is 1.11 bits per heavy atom. The quantitative estimate of drug-likeness (QED) is 0.300. The third-order valence-corrected chi connectivity index (χ3v) is 5.72. The standard InChI is InChI=1S/C21H21FN5O7P/c1-11-7-14(9-17(31-3)18(11)22)25-20-23-10-12(2)19(26-20)24-13-5-6-16-15(8-13)27(21(28)33-16)34-35(29,30)32-4/h5-10H,1-4H3,(H,29,30)(H2,23,24,25,26). The molecule has 3 N–H and O–H groups in total. The Kier molecular flexibility index (Phi) is 6.48. The van der Waals surface area contributed by atoms with Gasteiger partial charge in [0.15, 0.2) is 17.1 Å². The van der Waals surface area contributed by atoms with E-state index in [1.165, 1.54) is 25.3 Å². The number of fused-ring (bicyclic) bond motifs is 1. The second-order valence-corrected chi connectivity index (χ2v) is 8.83. The lowest BCUT2D eigenvalue weighted by Crippen LogP contribution is -2.21. The first-order chi connectivity index (χ1) is 16.6. The summed E-state index contributed by atoms with van der Waals surface area (Å²) >= 11 is 0. The summed E-state index contributed by atoms with van der Waals surface area (Å²) in [5.74, 6) is -0.711. The van der Waals surface area contributed by atoms with Gasteiger partial charge in [0, 0.05) is 36.3 Å². The number of aromatic nitrogens is 3. The van der Waals surface area contributed by atoms with Gasteiger partial charge in [-0.3, -0.25) is 9.42 Å². The Bertz CT molecular complexity index is 1520. The Labute approximate surface area is 197 Å². The first-order valence-corrected chi connectivity index (χ1v) is 11.6. The minimum absolute atomic E-state index is 0.0838. The van der Waals surface area contributed by atoms with E-state index in [0.717, 1.165) is 7.11 Å². The molecule has 2 heterocycles. The van der Waals surface area contributed by atoms with Crippen LogP contribution in [0.25, 0.3) is 11.1 Å². The summed E-state index contributed by atoms with van der Waals surface area (Å²) in [7, 11) is -2.17. The smallest absolute Gasteiger partial charge is 0.494 e. The number of nitrogens with zero attached hydrogens (tertiary/aromatic N) is 3. The minimum atomic E-state index is -4.51. The van der Waals surface area contributed by atoms with Crippen LogP contribution in [0.15, 0.2) is 45.7 Å². The van der Waals surface area contributed by atoms with Crippen molar-refractivity contribution in [2.24, 2.45) is 0 Å². The molecule has 184 valence electrons. The van der Waals surface area contributed by atoms with Crippen molar-refractivity contribution < 1.29 is 32.2 Å². The molecule has 0 saturated carbocycles. The highest BCUT2D eigenvalue weighted by atomic mass is 31.2. The summed E-state index contributed by atoms with van der Waals surface area (Å²) < 4.78 is 45.6. The molecular formula is C21H21FN5O7P. The fraction of sp³-hybridized carbons (Fsp3) is 0.190. The lowest BCUT2D eigenvalue weighted by Gasteiger charge is -2.13. The van der Waals surface area contributed by atoms with Gasteiger partial charge < -0.3 is 24.4 Å². The SMILES string of the molecule is COc1cc(Nc2ncc(C)c(Nc3ccc4oc(=O)n(OP(=O)(O)OC)c4c3)n2)cc(C)c1F. The van der Waals surface area contributed by atoms with Crippen LogP contribution in [0, 0.1) is 19.7 Å². The van der Waals surface area contributed by atoms with Gasteiger partial charge in [-0.25, -0.2) is 18.7 Å². The lowest BCUT2D eigenvalue weighted by molar-refractivity contribution is 0.151. The lowest BCUT2D eigenvalue weighted by atomic mass is 10.2. The number of phosphoric ester groups is 1. The van der Waals surface area contributed by atoms with E-state index >= 15 is 0 Å². The number of aryl methyl sites for hydroxylation is 2. The number of anilines is 4. The number of benzene rings is 2. The number of oxazole rings is 1. The molecule has 14 heteroatoms. The van der Waals surface area contributed by atoms with Gasteiger partial charge in [0.2, 0.25) is 5.95 Å². The van der Waals surface area contributed by atoms with E-state index in [-0.39, 0.29) is 22.8 Å². The molecule has 0 bridgehead atoms. The number of halogens is 1. The van der Waals surface area contributed by atoms with Crippen LogP contribution in [0.3, 0.4) is 0 Å². The highest BCUT2D eigenvalue weighted by molar-refractivity contribution is 7.47. The van der Waals surface area contributed by atoms with Gasteiger partial charge in [0.1, 0.15) is 11.3 Å². The number of nitrogens with one attached hydrogen (secondary N) is 2. The van der Waals surface area contributed by atoms with E-state index in [0.29, 0.717) is 33.0 Å². The van der Waals surface area contributed by atoms with E-state index in [9.17, 15) is 18.6 Å². The largest absolute Gasteiger partial charge is 0.546 e. The average Bonchev–Trinajstić information content (AvgIpc) is 3.12. The first-order valence-electron chi connectivity index (χ1n) is 10.1. The molecular weight excluding hydrogens is 484 g/mol. The molecule has 4 rings (SSSR count). The fourth-order valence-corrected chi connectivity index (χ4v) is 3.57. The summed E-state index contributed by atoms with van der Waals surface area (Å²) in [6.07, 6.45) is 1.58. The van der Waals surface area contributed by atoms with Crippen molar-refractivity contribution in [2.75, 3.05) is 24.9 Å². The van der Waals surface area contributed by atoms with Gasteiger partial charge in [0.05, 0.1) is 7.11 Å². The second kappa shape index (κ2) is 9.37. The summed E-state index contributed by atoms with van der Waals surface area (Å²) in [6, 6.07) is 7.66. The number of phosphoric acid groups is 1. The predicted octanol–water partition coefficient (Wildman–Crippen LogP) is 3.81. The van der Waals surface area contributed by atoms with Crippen LogP contribution in [0.4, 0.5) is 27.5 Å². The normalized spacial score (nSPS) is 12.9. The molecule has 12 nitrogen and oxygen atoms in total. The maximum atomic E-state index is 14.1. The van der Waals surface area contributed by atoms with Crippen molar-refractivity contribution >= 4 is 42.1 Å². The molecule has 0 fully saturated rings. The zero-order chi connectivity index (χ0) is 25.3. The fourth-order valence-electron chi connectivity index (χ4n) is 3.14. The molecule has 0 aliphatic carbocycles. The van der Waals surface area contributed by atoms with E-state index < -0.39 is 19.4 Å². The van der Waals surface area contributed by atoms with Crippen molar-refractivity contribution in [3.8, 4) is 5.75 Å². The molecule has 4 aromatic rings. The predicted molar refractivity (Wildman–Crippen MR) is 125 cm³/mol. The van der Waals surface area contributed by atoms with Crippen LogP contribution in [-0.4, -0.2) is 33.8 Å². The van der Waals surface area contributed by atoms with Crippen molar-refractivity contribution in [3.05, 3.63) is 64.0 Å². The molecule has 2 aromatic carbocycles. The Morgan fingerprint density at radius 2 is 1.89 bits per heavy atom. The maximum Gasteiger partial charge on any atom is 0.546 e. The average molecular weight is 505 g/mol. The number of ether oxygens (including phenoxy) is 1. The Morgan fingerprint density at radius 3 is 2.60 bits per heavy atom. The van der Waals surface area contributed by atoms with Crippen LogP contribution in [0.1, 0.15) is 11.1 Å². The first kappa shape index (κ1) is 24.2. The van der Waals surface area contributed by atoms with Crippen LogP contribution in [0.2, 0.25) is 0 Å². The highest BCUT2D eigenvalue weighted by Gasteiger charge is 2.25. The number of hydrogen-bond acceptors (Lipinski definition) is 10. The van der Waals surface area contributed by atoms with E-state index in [2.05, 4.69) is 25.1 Å². The molecule has 0 amide bonds. The Hall–Kier alpha value is -3.93. The number of hydrogen-bond donors (Lipinski definition) is 3. The van der Waals surface area contributed by atoms with Gasteiger partial charge >= 0.3 is 13.6 Å². The summed E-state index contributed by atoms with van der Waals surface area (Å²) in [5.41, 5.74) is 2.30. The Balaban J connectivity index is 1.64. The number of methoxy groups -OCH3 is 1. The van der Waals surface area contributed by atoms with Gasteiger partial charge in [-0.15, -0.1) is 0 Å². The molecule has 1 atom stereocenters. The van der Waals surface area contributed by atoms with Crippen LogP contribution < -0.4 is 25.8 Å². The molecule has 0 aliphatic heterocycles. The van der Waals surface area contributed by atoms with Gasteiger partial charge in [0.25, 0.3) is 0 Å². The topological polar surface area (TPSA) is 150 Å². The molecule has 0 saturated heterocycles. The zero-order valence-electron chi connectivity index (χ0n) is 19.0. The van der Waals surface area contributed by atoms with Crippen molar-refractivity contribution in [3.63, 3.8) is 0 Å². The monoisotopic (exact) mass is 505 g/mol. The molecule has 0 radical (unpaired) electrons. The van der Waals surface area contributed by atoms with Crippen LogP contribution in [-0.2, 0) is 9.09 Å². The van der Waals surface area contributed by atoms with E-state index in [1.807, 2.05) is 0 Å². The van der Waals surface area contributed by atoms with Gasteiger partial charge in [-0.2, -0.15) is 4.98 Å². The zero-order valence-corrected chi connectivity index (χ0v) is 19.9. The van der Waals surface area contributed by atoms with E-state index in [4.69, 9.17) is 13.8 Å². The van der Waals surface area contributed by atoms with Crippen LogP contribution >= 0.6 is 7.82 Å². The van der Waals surface area contributed by atoms with Gasteiger partial charge in [-0.05, 0) is 43.7 Å². The third-order valence-electron chi connectivity index (χ3n) is 4.89.